The lowest BCUT2D eigenvalue weighted by Gasteiger charge is -2.34. The highest BCUT2D eigenvalue weighted by molar-refractivity contribution is 7.98. The van der Waals surface area contributed by atoms with Crippen LogP contribution in [0.4, 0.5) is 5.69 Å². The van der Waals surface area contributed by atoms with Gasteiger partial charge in [-0.25, -0.2) is 0 Å². The largest absolute Gasteiger partial charge is 0.383 e. The van der Waals surface area contributed by atoms with E-state index in [1.54, 1.807) is 23.8 Å². The Morgan fingerprint density at radius 2 is 2.03 bits per heavy atom. The van der Waals surface area contributed by atoms with Gasteiger partial charge in [-0.1, -0.05) is 37.5 Å². The van der Waals surface area contributed by atoms with Crippen LogP contribution < -0.4 is 10.6 Å². The van der Waals surface area contributed by atoms with E-state index in [0.29, 0.717) is 12.3 Å². The van der Waals surface area contributed by atoms with Gasteiger partial charge in [0, 0.05) is 30.3 Å². The summed E-state index contributed by atoms with van der Waals surface area (Å²) in [7, 11) is 1.57. The highest BCUT2D eigenvalue weighted by Gasteiger charge is 2.72. The van der Waals surface area contributed by atoms with E-state index in [-0.39, 0.29) is 30.3 Å². The molecular formula is C26H33N3O5S. The third-order valence-electron chi connectivity index (χ3n) is 7.75. The number of likely N-dealkylation sites (tertiary alicyclic amines) is 1. The molecule has 35 heavy (non-hydrogen) atoms. The molecule has 188 valence electrons. The van der Waals surface area contributed by atoms with Crippen LogP contribution in [-0.4, -0.2) is 72.9 Å². The number of rotatable bonds is 8. The topological polar surface area (TPSA) is 97.0 Å². The lowest BCUT2D eigenvalue weighted by atomic mass is 9.74. The van der Waals surface area contributed by atoms with Gasteiger partial charge >= 0.3 is 0 Å². The normalized spacial score (nSPS) is 31.6. The van der Waals surface area contributed by atoms with Gasteiger partial charge in [0.05, 0.1) is 24.5 Å². The van der Waals surface area contributed by atoms with Crippen LogP contribution >= 0.6 is 11.8 Å². The number of carbonyl (C=O) groups excluding carboxylic acids is 3. The second kappa shape index (κ2) is 9.95. The Labute approximate surface area is 210 Å². The quantitative estimate of drug-likeness (QED) is 0.422. The monoisotopic (exact) mass is 499 g/mol. The minimum atomic E-state index is -1.14. The van der Waals surface area contributed by atoms with Gasteiger partial charge in [0.2, 0.25) is 17.7 Å². The van der Waals surface area contributed by atoms with Crippen molar-refractivity contribution >= 4 is 35.2 Å². The minimum absolute atomic E-state index is 0.108. The van der Waals surface area contributed by atoms with Crippen LogP contribution in [0.25, 0.3) is 0 Å². The molecule has 3 amide bonds. The maximum absolute atomic E-state index is 13.7. The van der Waals surface area contributed by atoms with Gasteiger partial charge in [-0.3, -0.25) is 14.4 Å². The lowest BCUT2D eigenvalue weighted by Crippen LogP contribution is -2.57. The molecule has 2 saturated heterocycles. The molecule has 5 rings (SSSR count). The number of benzene rings is 1. The molecule has 2 bridgehead atoms. The molecule has 0 radical (unpaired) electrons. The van der Waals surface area contributed by atoms with E-state index in [9.17, 15) is 14.4 Å². The maximum Gasteiger partial charge on any atom is 0.246 e. The van der Waals surface area contributed by atoms with E-state index < -0.39 is 29.6 Å². The number of amides is 3. The molecular weight excluding hydrogens is 466 g/mol. The summed E-state index contributed by atoms with van der Waals surface area (Å²) in [4.78, 5) is 43.4. The zero-order chi connectivity index (χ0) is 24.6. The van der Waals surface area contributed by atoms with Gasteiger partial charge in [-0.2, -0.15) is 0 Å². The van der Waals surface area contributed by atoms with Crippen molar-refractivity contribution in [1.29, 1.82) is 0 Å². The van der Waals surface area contributed by atoms with Crippen molar-refractivity contribution in [2.75, 3.05) is 31.8 Å². The van der Waals surface area contributed by atoms with Crippen LogP contribution in [0, 0.1) is 11.8 Å². The second-order valence-electron chi connectivity index (χ2n) is 9.79. The van der Waals surface area contributed by atoms with Crippen molar-refractivity contribution in [3.8, 4) is 0 Å². The second-order valence-corrected chi connectivity index (χ2v) is 10.7. The Kier molecular flexibility index (Phi) is 6.92. The first-order chi connectivity index (χ1) is 17.0. The van der Waals surface area contributed by atoms with Crippen molar-refractivity contribution in [1.82, 2.24) is 10.2 Å². The van der Waals surface area contributed by atoms with Crippen molar-refractivity contribution in [2.45, 2.75) is 60.8 Å². The predicted molar refractivity (Wildman–Crippen MR) is 133 cm³/mol. The fourth-order valence-electron chi connectivity index (χ4n) is 6.15. The summed E-state index contributed by atoms with van der Waals surface area (Å²) in [5.74, 6) is -2.15. The molecule has 4 aliphatic rings. The van der Waals surface area contributed by atoms with E-state index in [1.807, 2.05) is 42.7 Å². The van der Waals surface area contributed by atoms with E-state index in [0.717, 1.165) is 30.6 Å². The smallest absolute Gasteiger partial charge is 0.246 e. The molecule has 1 saturated carbocycles. The van der Waals surface area contributed by atoms with E-state index in [1.165, 1.54) is 6.42 Å². The fourth-order valence-corrected chi connectivity index (χ4v) is 6.61. The minimum Gasteiger partial charge on any atom is -0.383 e. The standard InChI is InChI=1S/C26H33N3O5S/c1-33-14-13-29-22(24(31)27-16-7-4-3-5-8-16)26-12-11-19(34-26)20(21(26)25(29)32)23(30)28-17-9-6-10-18(15-17)35-2/h6,9-12,15-16,19-22H,3-5,7-8,13-14H2,1-2H3,(H,27,31)(H,28,30). The number of methoxy groups -OCH3 is 1. The van der Waals surface area contributed by atoms with Crippen LogP contribution in [0.2, 0.25) is 0 Å². The summed E-state index contributed by atoms with van der Waals surface area (Å²) >= 11 is 1.59. The average molecular weight is 500 g/mol. The summed E-state index contributed by atoms with van der Waals surface area (Å²) in [6.07, 6.45) is 10.4. The number of ether oxygens (including phenoxy) is 2. The first kappa shape index (κ1) is 24.3. The number of fused-ring (bicyclic) bond motifs is 1. The van der Waals surface area contributed by atoms with Crippen molar-refractivity contribution in [3.05, 3.63) is 36.4 Å². The van der Waals surface area contributed by atoms with Gasteiger partial charge in [0.1, 0.15) is 11.6 Å². The van der Waals surface area contributed by atoms with Gasteiger partial charge < -0.3 is 25.0 Å². The number of hydrogen-bond donors (Lipinski definition) is 2. The van der Waals surface area contributed by atoms with Gasteiger partial charge in [-0.05, 0) is 37.3 Å². The SMILES string of the molecule is COCCN1C(=O)C2C(C(=O)Nc3cccc(SC)c3)C3C=CC2(O3)C1C(=O)NC1CCCCC1. The fraction of sp³-hybridized carbons (Fsp3) is 0.577. The van der Waals surface area contributed by atoms with E-state index in [2.05, 4.69) is 10.6 Å². The predicted octanol–water partition coefficient (Wildman–Crippen LogP) is 2.59. The van der Waals surface area contributed by atoms with Crippen LogP contribution in [0.1, 0.15) is 32.1 Å². The Hall–Kier alpha value is -2.36. The molecule has 3 aliphatic heterocycles. The lowest BCUT2D eigenvalue weighted by molar-refractivity contribution is -0.142. The van der Waals surface area contributed by atoms with E-state index in [4.69, 9.17) is 9.47 Å². The molecule has 1 spiro atoms. The van der Waals surface area contributed by atoms with Crippen molar-refractivity contribution < 1.29 is 23.9 Å². The summed E-state index contributed by atoms with van der Waals surface area (Å²) in [6, 6.07) is 6.89. The number of anilines is 1. The number of nitrogens with zero attached hydrogens (tertiary/aromatic N) is 1. The molecule has 5 atom stereocenters. The Morgan fingerprint density at radius 3 is 2.77 bits per heavy atom. The number of thioether (sulfide) groups is 1. The molecule has 5 unspecified atom stereocenters. The third-order valence-corrected chi connectivity index (χ3v) is 8.48. The molecule has 3 heterocycles. The highest BCUT2D eigenvalue weighted by Crippen LogP contribution is 2.55. The highest BCUT2D eigenvalue weighted by atomic mass is 32.2. The summed E-state index contributed by atoms with van der Waals surface area (Å²) in [6.45, 7) is 0.565. The molecule has 8 nitrogen and oxygen atoms in total. The zero-order valence-corrected chi connectivity index (χ0v) is 21.0. The summed E-state index contributed by atoms with van der Waals surface area (Å²) in [5, 5.41) is 6.16. The number of carbonyl (C=O) groups is 3. The van der Waals surface area contributed by atoms with Crippen LogP contribution in [0.5, 0.6) is 0 Å². The Bertz CT molecular complexity index is 1030. The zero-order valence-electron chi connectivity index (χ0n) is 20.2. The molecule has 1 aliphatic carbocycles. The molecule has 1 aromatic rings. The molecule has 0 aromatic heterocycles. The first-order valence-electron chi connectivity index (χ1n) is 12.4. The van der Waals surface area contributed by atoms with Gasteiger partial charge in [0.15, 0.2) is 0 Å². The Balaban J connectivity index is 1.41. The molecule has 2 N–H and O–H groups in total. The van der Waals surface area contributed by atoms with E-state index >= 15 is 0 Å². The summed E-state index contributed by atoms with van der Waals surface area (Å²) < 4.78 is 11.6. The maximum atomic E-state index is 13.7. The average Bonchev–Trinajstić information content (AvgIpc) is 3.50. The third kappa shape index (κ3) is 4.27. The molecule has 1 aromatic carbocycles. The van der Waals surface area contributed by atoms with Gasteiger partial charge in [0.25, 0.3) is 0 Å². The van der Waals surface area contributed by atoms with Crippen LogP contribution in [0.15, 0.2) is 41.3 Å². The first-order valence-corrected chi connectivity index (χ1v) is 13.6. The van der Waals surface area contributed by atoms with Gasteiger partial charge in [-0.15, -0.1) is 11.8 Å². The number of nitrogens with one attached hydrogen (secondary N) is 2. The van der Waals surface area contributed by atoms with Crippen LogP contribution in [-0.2, 0) is 23.9 Å². The molecule has 3 fully saturated rings. The van der Waals surface area contributed by atoms with Crippen molar-refractivity contribution in [2.24, 2.45) is 11.8 Å². The number of hydrogen-bond acceptors (Lipinski definition) is 6. The van der Waals surface area contributed by atoms with Crippen LogP contribution in [0.3, 0.4) is 0 Å². The molecule has 9 heteroatoms. The van der Waals surface area contributed by atoms with Crippen molar-refractivity contribution in [3.63, 3.8) is 0 Å². The summed E-state index contributed by atoms with van der Waals surface area (Å²) in [5.41, 5.74) is -0.465. The Morgan fingerprint density at radius 1 is 1.23 bits per heavy atom.